The van der Waals surface area contributed by atoms with Crippen LogP contribution in [-0.4, -0.2) is 38.3 Å². The molecule has 0 aliphatic carbocycles. The standard InChI is InChI=1S/C20H25Cl2N3O4S/c1-5-30(27,28)24-18-9-7-15(11-19(18)29-4)23-20(26)25(13(2)3)12-14-6-8-16(21)17(22)10-14/h6-11,13,24H,5,12H2,1-4H3,(H,23,26). The Bertz CT molecular complexity index is 1010. The van der Waals surface area contributed by atoms with E-state index in [-0.39, 0.29) is 17.8 Å². The Labute approximate surface area is 187 Å². The zero-order chi connectivity index (χ0) is 22.5. The van der Waals surface area contributed by atoms with Crippen LogP contribution in [0, 0.1) is 0 Å². The van der Waals surface area contributed by atoms with Crippen LogP contribution in [-0.2, 0) is 16.6 Å². The summed E-state index contributed by atoms with van der Waals surface area (Å²) in [6.07, 6.45) is 0. The first-order valence-electron chi connectivity index (χ1n) is 9.26. The van der Waals surface area contributed by atoms with Crippen molar-refractivity contribution in [2.75, 3.05) is 22.9 Å². The summed E-state index contributed by atoms with van der Waals surface area (Å²) in [6, 6.07) is 9.53. The molecule has 0 atom stereocenters. The van der Waals surface area contributed by atoms with Gasteiger partial charge in [-0.05, 0) is 50.6 Å². The third-order valence-electron chi connectivity index (χ3n) is 4.32. The van der Waals surface area contributed by atoms with Crippen LogP contribution in [0.25, 0.3) is 0 Å². The van der Waals surface area contributed by atoms with Crippen molar-refractivity contribution in [3.63, 3.8) is 0 Å². The second kappa shape index (κ2) is 10.2. The third kappa shape index (κ3) is 6.42. The molecule has 0 spiro atoms. The Kier molecular flexibility index (Phi) is 8.23. The summed E-state index contributed by atoms with van der Waals surface area (Å²) in [7, 11) is -2.03. The summed E-state index contributed by atoms with van der Waals surface area (Å²) < 4.78 is 31.4. The number of methoxy groups -OCH3 is 1. The molecule has 0 fully saturated rings. The minimum atomic E-state index is -3.45. The van der Waals surface area contributed by atoms with Crippen LogP contribution in [0.5, 0.6) is 5.75 Å². The molecule has 0 heterocycles. The average molecular weight is 474 g/mol. The summed E-state index contributed by atoms with van der Waals surface area (Å²) in [6.45, 7) is 5.68. The number of benzene rings is 2. The lowest BCUT2D eigenvalue weighted by atomic mass is 10.2. The number of carbonyl (C=O) groups is 1. The molecule has 10 heteroatoms. The lowest BCUT2D eigenvalue weighted by Crippen LogP contribution is -2.39. The predicted octanol–water partition coefficient (Wildman–Crippen LogP) is 5.21. The number of sulfonamides is 1. The first kappa shape index (κ1) is 24.1. The van der Waals surface area contributed by atoms with Crippen LogP contribution >= 0.6 is 23.2 Å². The van der Waals surface area contributed by atoms with E-state index in [9.17, 15) is 13.2 Å². The molecule has 0 saturated heterocycles. The Balaban J connectivity index is 2.19. The van der Waals surface area contributed by atoms with Gasteiger partial charge in [0.1, 0.15) is 5.75 Å². The molecule has 2 aromatic carbocycles. The number of urea groups is 1. The molecular formula is C20H25Cl2N3O4S. The highest BCUT2D eigenvalue weighted by atomic mass is 35.5. The van der Waals surface area contributed by atoms with Gasteiger partial charge < -0.3 is 15.0 Å². The van der Waals surface area contributed by atoms with Crippen molar-refractivity contribution < 1.29 is 17.9 Å². The Hall–Kier alpha value is -2.16. The van der Waals surface area contributed by atoms with Gasteiger partial charge in [0.2, 0.25) is 10.0 Å². The molecule has 0 bridgehead atoms. The monoisotopic (exact) mass is 473 g/mol. The topological polar surface area (TPSA) is 87.7 Å². The zero-order valence-corrected chi connectivity index (χ0v) is 19.5. The molecule has 0 aromatic heterocycles. The number of carbonyl (C=O) groups excluding carboxylic acids is 1. The molecule has 0 saturated carbocycles. The van der Waals surface area contributed by atoms with Crippen molar-refractivity contribution >= 4 is 50.6 Å². The van der Waals surface area contributed by atoms with Crippen LogP contribution in [0.4, 0.5) is 16.2 Å². The normalized spacial score (nSPS) is 11.3. The molecule has 2 aromatic rings. The zero-order valence-electron chi connectivity index (χ0n) is 17.2. The van der Waals surface area contributed by atoms with Crippen molar-refractivity contribution in [1.29, 1.82) is 0 Å². The summed E-state index contributed by atoms with van der Waals surface area (Å²) in [5.74, 6) is 0.234. The van der Waals surface area contributed by atoms with Crippen LogP contribution in [0.1, 0.15) is 26.3 Å². The summed E-state index contributed by atoms with van der Waals surface area (Å²) in [4.78, 5) is 14.5. The highest BCUT2D eigenvalue weighted by molar-refractivity contribution is 7.92. The van der Waals surface area contributed by atoms with Crippen molar-refractivity contribution in [2.24, 2.45) is 0 Å². The van der Waals surface area contributed by atoms with E-state index in [0.29, 0.717) is 33.7 Å². The summed E-state index contributed by atoms with van der Waals surface area (Å²) >= 11 is 12.0. The molecule has 30 heavy (non-hydrogen) atoms. The minimum absolute atomic E-state index is 0.0628. The van der Waals surface area contributed by atoms with Gasteiger partial charge in [-0.2, -0.15) is 0 Å². The van der Waals surface area contributed by atoms with Crippen LogP contribution < -0.4 is 14.8 Å². The summed E-state index contributed by atoms with van der Waals surface area (Å²) in [5, 5.41) is 3.69. The molecule has 0 aliphatic heterocycles. The average Bonchev–Trinajstić information content (AvgIpc) is 2.69. The van der Waals surface area contributed by atoms with Gasteiger partial charge in [0.25, 0.3) is 0 Å². The van der Waals surface area contributed by atoms with Crippen molar-refractivity contribution in [3.8, 4) is 5.75 Å². The molecule has 2 rings (SSSR count). The first-order chi connectivity index (χ1) is 14.1. The molecule has 2 N–H and O–H groups in total. The maximum Gasteiger partial charge on any atom is 0.322 e. The fourth-order valence-corrected chi connectivity index (χ4v) is 3.58. The van der Waals surface area contributed by atoms with E-state index in [2.05, 4.69) is 10.0 Å². The second-order valence-corrected chi connectivity index (χ2v) is 9.65. The Morgan fingerprint density at radius 1 is 1.13 bits per heavy atom. The molecule has 7 nitrogen and oxygen atoms in total. The Morgan fingerprint density at radius 3 is 2.40 bits per heavy atom. The number of amides is 2. The number of hydrogen-bond donors (Lipinski definition) is 2. The number of halogens is 2. The third-order valence-corrected chi connectivity index (χ3v) is 6.35. The minimum Gasteiger partial charge on any atom is -0.494 e. The second-order valence-electron chi connectivity index (χ2n) is 6.82. The van der Waals surface area contributed by atoms with Gasteiger partial charge in [-0.3, -0.25) is 4.72 Å². The maximum absolute atomic E-state index is 12.9. The smallest absolute Gasteiger partial charge is 0.322 e. The maximum atomic E-state index is 12.9. The fourth-order valence-electron chi connectivity index (χ4n) is 2.61. The first-order valence-corrected chi connectivity index (χ1v) is 11.7. The lowest BCUT2D eigenvalue weighted by Gasteiger charge is -2.27. The van der Waals surface area contributed by atoms with E-state index in [4.69, 9.17) is 27.9 Å². The predicted molar refractivity (Wildman–Crippen MR) is 122 cm³/mol. The highest BCUT2D eigenvalue weighted by Crippen LogP contribution is 2.29. The fraction of sp³-hybridized carbons (Fsp3) is 0.350. The molecular weight excluding hydrogens is 449 g/mol. The molecule has 164 valence electrons. The number of ether oxygens (including phenoxy) is 1. The molecule has 0 unspecified atom stereocenters. The van der Waals surface area contributed by atoms with Gasteiger partial charge >= 0.3 is 6.03 Å². The number of anilines is 2. The van der Waals surface area contributed by atoms with Gasteiger partial charge in [0.05, 0.1) is 28.6 Å². The van der Waals surface area contributed by atoms with Gasteiger partial charge in [-0.1, -0.05) is 29.3 Å². The Morgan fingerprint density at radius 2 is 1.83 bits per heavy atom. The number of nitrogens with one attached hydrogen (secondary N) is 2. The van der Waals surface area contributed by atoms with Gasteiger partial charge in [0.15, 0.2) is 0 Å². The van der Waals surface area contributed by atoms with E-state index in [0.717, 1.165) is 5.56 Å². The van der Waals surface area contributed by atoms with E-state index < -0.39 is 10.0 Å². The number of nitrogens with zero attached hydrogens (tertiary/aromatic N) is 1. The quantitative estimate of drug-likeness (QED) is 0.550. The van der Waals surface area contributed by atoms with E-state index in [1.807, 2.05) is 19.9 Å². The molecule has 2 amide bonds. The SMILES string of the molecule is CCS(=O)(=O)Nc1ccc(NC(=O)N(Cc2ccc(Cl)c(Cl)c2)C(C)C)cc1OC. The van der Waals surface area contributed by atoms with E-state index in [1.165, 1.54) is 14.0 Å². The van der Waals surface area contributed by atoms with Crippen LogP contribution in [0.15, 0.2) is 36.4 Å². The van der Waals surface area contributed by atoms with Crippen molar-refractivity contribution in [1.82, 2.24) is 4.90 Å². The van der Waals surface area contributed by atoms with Crippen LogP contribution in [0.3, 0.4) is 0 Å². The van der Waals surface area contributed by atoms with E-state index >= 15 is 0 Å². The number of rotatable bonds is 8. The summed E-state index contributed by atoms with van der Waals surface area (Å²) in [5.41, 5.74) is 1.61. The van der Waals surface area contributed by atoms with Crippen LogP contribution in [0.2, 0.25) is 10.0 Å². The van der Waals surface area contributed by atoms with Crippen molar-refractivity contribution in [2.45, 2.75) is 33.4 Å². The molecule has 0 radical (unpaired) electrons. The van der Waals surface area contributed by atoms with E-state index in [1.54, 1.807) is 35.2 Å². The molecule has 0 aliphatic rings. The lowest BCUT2D eigenvalue weighted by molar-refractivity contribution is 0.193. The largest absolute Gasteiger partial charge is 0.494 e. The van der Waals surface area contributed by atoms with Gasteiger partial charge in [-0.25, -0.2) is 13.2 Å². The highest BCUT2D eigenvalue weighted by Gasteiger charge is 2.19. The van der Waals surface area contributed by atoms with Crippen molar-refractivity contribution in [3.05, 3.63) is 52.0 Å². The number of hydrogen-bond acceptors (Lipinski definition) is 4. The van der Waals surface area contributed by atoms with Gasteiger partial charge in [-0.15, -0.1) is 0 Å². The van der Waals surface area contributed by atoms with Gasteiger partial charge in [0, 0.05) is 24.3 Å².